The van der Waals surface area contributed by atoms with Gasteiger partial charge in [0, 0.05) is 12.1 Å². The summed E-state index contributed by atoms with van der Waals surface area (Å²) in [7, 11) is 0. The quantitative estimate of drug-likeness (QED) is 0.682. The summed E-state index contributed by atoms with van der Waals surface area (Å²) in [5.74, 6) is 0.197. The molecule has 0 amide bonds. The van der Waals surface area contributed by atoms with Gasteiger partial charge in [0.1, 0.15) is 11.4 Å². The lowest BCUT2D eigenvalue weighted by Crippen LogP contribution is -2.34. The lowest BCUT2D eigenvalue weighted by atomic mass is 9.79. The number of hydrogen-bond acceptors (Lipinski definition) is 3. The fraction of sp³-hybridized carbons (Fsp3) is 0.143. The van der Waals surface area contributed by atoms with Crippen molar-refractivity contribution in [2.45, 2.75) is 5.60 Å². The van der Waals surface area contributed by atoms with Crippen LogP contribution in [0.15, 0.2) is 84.9 Å². The molecule has 3 aromatic carbocycles. The van der Waals surface area contributed by atoms with Crippen molar-refractivity contribution in [3.05, 3.63) is 102 Å². The zero-order valence-corrected chi connectivity index (χ0v) is 13.4. The number of rotatable bonds is 6. The molecule has 0 aliphatic carbocycles. The monoisotopic (exact) mass is 319 g/mol. The predicted octanol–water partition coefficient (Wildman–Crippen LogP) is 3.66. The van der Waals surface area contributed by atoms with Gasteiger partial charge in [-0.2, -0.15) is 0 Å². The summed E-state index contributed by atoms with van der Waals surface area (Å²) >= 11 is 0. The number of benzene rings is 3. The predicted molar refractivity (Wildman–Crippen MR) is 95.9 cm³/mol. The van der Waals surface area contributed by atoms with Gasteiger partial charge in [-0.1, -0.05) is 78.9 Å². The van der Waals surface area contributed by atoms with E-state index in [0.717, 1.165) is 11.1 Å². The van der Waals surface area contributed by atoms with Crippen LogP contribution >= 0.6 is 0 Å². The van der Waals surface area contributed by atoms with E-state index < -0.39 is 5.60 Å². The average molecular weight is 319 g/mol. The van der Waals surface area contributed by atoms with Crippen LogP contribution < -0.4 is 5.73 Å². The Hall–Kier alpha value is -2.62. The van der Waals surface area contributed by atoms with Crippen LogP contribution in [0.25, 0.3) is 0 Å². The van der Waals surface area contributed by atoms with Crippen molar-refractivity contribution in [2.75, 3.05) is 13.2 Å². The average Bonchev–Trinajstić information content (AvgIpc) is 2.65. The first-order chi connectivity index (χ1) is 11.8. The Balaban J connectivity index is 2.31. The fourth-order valence-corrected chi connectivity index (χ4v) is 3.05. The maximum atomic E-state index is 10.6. The van der Waals surface area contributed by atoms with E-state index in [1.807, 2.05) is 78.9 Å². The number of nitrogens with two attached hydrogens (primary N) is 1. The number of para-hydroxylation sites is 1. The summed E-state index contributed by atoms with van der Waals surface area (Å²) in [5.41, 5.74) is 7.42. The lowest BCUT2D eigenvalue weighted by Gasteiger charge is -2.36. The summed E-state index contributed by atoms with van der Waals surface area (Å²) in [4.78, 5) is 0. The van der Waals surface area contributed by atoms with Crippen molar-refractivity contribution in [2.24, 2.45) is 5.73 Å². The molecule has 3 nitrogen and oxygen atoms in total. The number of ether oxygens (including phenoxy) is 1. The van der Waals surface area contributed by atoms with Gasteiger partial charge in [-0.25, -0.2) is 0 Å². The molecule has 0 fully saturated rings. The Labute approximate surface area is 142 Å². The van der Waals surface area contributed by atoms with Crippen LogP contribution in [0.5, 0.6) is 5.75 Å². The first kappa shape index (κ1) is 16.2. The molecule has 3 heteroatoms. The van der Waals surface area contributed by atoms with Gasteiger partial charge >= 0.3 is 0 Å². The molecule has 0 atom stereocenters. The summed E-state index contributed by atoms with van der Waals surface area (Å²) in [6.07, 6.45) is 0. The molecule has 0 aliphatic heterocycles. The summed E-state index contributed by atoms with van der Waals surface area (Å²) < 4.78 is 6.33. The molecule has 0 bridgehead atoms. The number of aromatic hydroxyl groups is 1. The standard InChI is InChI=1S/C21H21NO2/c22-15-16-24-21(17-9-3-1-4-10-17,18-11-5-2-6-12-18)19-13-7-8-14-20(19)23/h1-14,23H,15-16,22H2. The molecule has 3 rings (SSSR count). The van der Waals surface area contributed by atoms with E-state index in [9.17, 15) is 5.11 Å². The second-order valence-electron chi connectivity index (χ2n) is 5.57. The third-order valence-corrected chi connectivity index (χ3v) is 4.08. The van der Waals surface area contributed by atoms with E-state index in [0.29, 0.717) is 18.7 Å². The molecule has 0 saturated heterocycles. The fourth-order valence-electron chi connectivity index (χ4n) is 3.05. The Kier molecular flexibility index (Phi) is 4.94. The van der Waals surface area contributed by atoms with Gasteiger partial charge in [0.2, 0.25) is 0 Å². The third-order valence-electron chi connectivity index (χ3n) is 4.08. The van der Waals surface area contributed by atoms with Gasteiger partial charge in [-0.15, -0.1) is 0 Å². The largest absolute Gasteiger partial charge is 0.508 e. The normalized spacial score (nSPS) is 11.4. The summed E-state index contributed by atoms with van der Waals surface area (Å²) in [5, 5.41) is 10.6. The van der Waals surface area contributed by atoms with Crippen LogP contribution in [0.2, 0.25) is 0 Å². The van der Waals surface area contributed by atoms with Crippen molar-refractivity contribution < 1.29 is 9.84 Å². The van der Waals surface area contributed by atoms with E-state index in [4.69, 9.17) is 10.5 Å². The zero-order chi connectivity index (χ0) is 16.8. The second-order valence-corrected chi connectivity index (χ2v) is 5.57. The number of phenolic OH excluding ortho intramolecular Hbond substituents is 1. The second kappa shape index (κ2) is 7.30. The smallest absolute Gasteiger partial charge is 0.147 e. The highest BCUT2D eigenvalue weighted by molar-refractivity contribution is 5.52. The molecule has 0 spiro atoms. The van der Waals surface area contributed by atoms with Crippen molar-refractivity contribution in [3.63, 3.8) is 0 Å². The highest BCUT2D eigenvalue weighted by atomic mass is 16.5. The van der Waals surface area contributed by atoms with Crippen LogP contribution in [0.3, 0.4) is 0 Å². The molecule has 0 aromatic heterocycles. The first-order valence-corrected chi connectivity index (χ1v) is 8.02. The van der Waals surface area contributed by atoms with E-state index in [1.165, 1.54) is 0 Å². The molecular weight excluding hydrogens is 298 g/mol. The molecule has 24 heavy (non-hydrogen) atoms. The van der Waals surface area contributed by atoms with Crippen LogP contribution in [0.1, 0.15) is 16.7 Å². The molecule has 122 valence electrons. The van der Waals surface area contributed by atoms with Gasteiger partial charge < -0.3 is 15.6 Å². The van der Waals surface area contributed by atoms with E-state index in [-0.39, 0.29) is 5.75 Å². The number of hydrogen-bond donors (Lipinski definition) is 2. The number of phenols is 1. The maximum Gasteiger partial charge on any atom is 0.147 e. The molecule has 0 unspecified atom stereocenters. The van der Waals surface area contributed by atoms with E-state index in [2.05, 4.69) is 0 Å². The minimum absolute atomic E-state index is 0.197. The lowest BCUT2D eigenvalue weighted by molar-refractivity contribution is 0.0163. The molecule has 3 aromatic rings. The zero-order valence-electron chi connectivity index (χ0n) is 13.4. The SMILES string of the molecule is NCCOC(c1ccccc1)(c1ccccc1)c1ccccc1O. The van der Waals surface area contributed by atoms with Gasteiger partial charge in [-0.3, -0.25) is 0 Å². The van der Waals surface area contributed by atoms with Crippen molar-refractivity contribution in [1.29, 1.82) is 0 Å². The van der Waals surface area contributed by atoms with Gasteiger partial charge in [0.15, 0.2) is 0 Å². The summed E-state index contributed by atoms with van der Waals surface area (Å²) in [6.45, 7) is 0.771. The van der Waals surface area contributed by atoms with Crippen molar-refractivity contribution >= 4 is 0 Å². The molecule has 0 aliphatic rings. The van der Waals surface area contributed by atoms with Crippen molar-refractivity contribution in [1.82, 2.24) is 0 Å². The highest BCUT2D eigenvalue weighted by Gasteiger charge is 2.39. The minimum atomic E-state index is -0.909. The Bertz CT molecular complexity index is 733. The Morgan fingerprint density at radius 2 is 1.25 bits per heavy atom. The van der Waals surface area contributed by atoms with Gasteiger partial charge in [0.25, 0.3) is 0 Å². The van der Waals surface area contributed by atoms with E-state index >= 15 is 0 Å². The molecule has 0 radical (unpaired) electrons. The first-order valence-electron chi connectivity index (χ1n) is 8.02. The molecule has 3 N–H and O–H groups in total. The molecule has 0 heterocycles. The Morgan fingerprint density at radius 3 is 1.75 bits per heavy atom. The van der Waals surface area contributed by atoms with Crippen molar-refractivity contribution in [3.8, 4) is 5.75 Å². The third kappa shape index (κ3) is 2.92. The topological polar surface area (TPSA) is 55.5 Å². The van der Waals surface area contributed by atoms with Crippen LogP contribution in [0.4, 0.5) is 0 Å². The molecular formula is C21H21NO2. The minimum Gasteiger partial charge on any atom is -0.508 e. The van der Waals surface area contributed by atoms with Crippen LogP contribution in [0, 0.1) is 0 Å². The van der Waals surface area contributed by atoms with Crippen LogP contribution in [-0.4, -0.2) is 18.3 Å². The summed E-state index contributed by atoms with van der Waals surface area (Å²) in [6, 6.07) is 27.1. The van der Waals surface area contributed by atoms with Crippen LogP contribution in [-0.2, 0) is 10.3 Å². The molecule has 0 saturated carbocycles. The Morgan fingerprint density at radius 1 is 0.750 bits per heavy atom. The van der Waals surface area contributed by atoms with Gasteiger partial charge in [-0.05, 0) is 17.2 Å². The maximum absolute atomic E-state index is 10.6. The highest BCUT2D eigenvalue weighted by Crippen LogP contribution is 2.43. The van der Waals surface area contributed by atoms with E-state index in [1.54, 1.807) is 6.07 Å². The van der Waals surface area contributed by atoms with Gasteiger partial charge in [0.05, 0.1) is 6.61 Å².